The number of amides is 2. The predicted octanol–water partition coefficient (Wildman–Crippen LogP) is 2.68. The number of carbonyl (C=O) groups excluding carboxylic acids is 2. The van der Waals surface area contributed by atoms with Crippen molar-refractivity contribution in [3.63, 3.8) is 0 Å². The third-order valence-electron chi connectivity index (χ3n) is 3.50. The van der Waals surface area contributed by atoms with E-state index in [2.05, 4.69) is 10.6 Å². The molecule has 0 aromatic heterocycles. The van der Waals surface area contributed by atoms with Gasteiger partial charge in [-0.2, -0.15) is 0 Å². The van der Waals surface area contributed by atoms with E-state index >= 15 is 0 Å². The minimum Gasteiger partial charge on any atom is -0.344 e. The minimum atomic E-state index is -0.169. The average Bonchev–Trinajstić information content (AvgIpc) is 2.54. The normalized spacial score (nSPS) is 11.8. The molecule has 0 saturated heterocycles. The molecule has 0 fully saturated rings. The van der Waals surface area contributed by atoms with Crippen LogP contribution in [0.5, 0.6) is 0 Å². The van der Waals surface area contributed by atoms with Crippen LogP contribution < -0.4 is 10.6 Å². The van der Waals surface area contributed by atoms with Gasteiger partial charge in [-0.15, -0.1) is 0 Å². The van der Waals surface area contributed by atoms with E-state index in [0.29, 0.717) is 17.8 Å². The molecule has 0 aliphatic carbocycles. The number of benzene rings is 2. The molecule has 126 valence electrons. The van der Waals surface area contributed by atoms with Gasteiger partial charge in [0.25, 0.3) is 5.91 Å². The van der Waals surface area contributed by atoms with Crippen LogP contribution in [0.1, 0.15) is 28.9 Å². The van der Waals surface area contributed by atoms with Crippen molar-refractivity contribution >= 4 is 17.5 Å². The third kappa shape index (κ3) is 5.21. The van der Waals surface area contributed by atoms with Crippen LogP contribution in [0.4, 0.5) is 5.69 Å². The predicted molar refractivity (Wildman–Crippen MR) is 95.9 cm³/mol. The zero-order valence-electron chi connectivity index (χ0n) is 14.2. The van der Waals surface area contributed by atoms with Crippen LogP contribution in [0.15, 0.2) is 54.6 Å². The van der Waals surface area contributed by atoms with Gasteiger partial charge < -0.3 is 15.5 Å². The van der Waals surface area contributed by atoms with Gasteiger partial charge in [-0.05, 0) is 37.9 Å². The molecule has 0 aliphatic heterocycles. The Morgan fingerprint density at radius 3 is 2.38 bits per heavy atom. The van der Waals surface area contributed by atoms with Gasteiger partial charge in [0.2, 0.25) is 5.91 Å². The number of carbonyl (C=O) groups is 2. The smallest absolute Gasteiger partial charge is 0.251 e. The van der Waals surface area contributed by atoms with Gasteiger partial charge in [0.15, 0.2) is 0 Å². The van der Waals surface area contributed by atoms with Gasteiger partial charge >= 0.3 is 0 Å². The Hall–Kier alpha value is -2.66. The first-order valence-corrected chi connectivity index (χ1v) is 7.84. The Kier molecular flexibility index (Phi) is 6.09. The fourth-order valence-electron chi connectivity index (χ4n) is 2.47. The number of likely N-dealkylation sites (N-methyl/N-ethyl adjacent to an activating group) is 1. The number of nitrogens with zero attached hydrogens (tertiary/aromatic N) is 1. The molecule has 0 saturated carbocycles. The lowest BCUT2D eigenvalue weighted by molar-refractivity contribution is -0.114. The molecule has 2 aromatic rings. The Balaban J connectivity index is 2.17. The maximum absolute atomic E-state index is 12.6. The van der Waals surface area contributed by atoms with Crippen molar-refractivity contribution in [3.8, 4) is 0 Å². The molecule has 2 rings (SSSR count). The number of nitrogens with one attached hydrogen (secondary N) is 2. The van der Waals surface area contributed by atoms with Crippen LogP contribution in [0, 0.1) is 0 Å². The van der Waals surface area contributed by atoms with Crippen molar-refractivity contribution in [3.05, 3.63) is 65.7 Å². The Morgan fingerprint density at radius 1 is 1.04 bits per heavy atom. The molecule has 0 heterocycles. The van der Waals surface area contributed by atoms with Gasteiger partial charge in [-0.1, -0.05) is 36.4 Å². The second-order valence-electron chi connectivity index (χ2n) is 5.96. The summed E-state index contributed by atoms with van der Waals surface area (Å²) < 4.78 is 0. The second-order valence-corrected chi connectivity index (χ2v) is 5.96. The summed E-state index contributed by atoms with van der Waals surface area (Å²) in [5.74, 6) is -0.333. The SMILES string of the molecule is CC(=O)Nc1cccc(C(=O)N[C@H](CN(C)C)c2ccccc2)c1. The molecule has 2 aromatic carbocycles. The number of hydrogen-bond acceptors (Lipinski definition) is 3. The van der Waals surface area contributed by atoms with Crippen LogP contribution in [-0.4, -0.2) is 37.4 Å². The third-order valence-corrected chi connectivity index (χ3v) is 3.50. The molecule has 2 N–H and O–H groups in total. The minimum absolute atomic E-state index is 0.113. The van der Waals surface area contributed by atoms with E-state index in [0.717, 1.165) is 5.56 Å². The average molecular weight is 325 g/mol. The van der Waals surface area contributed by atoms with E-state index in [1.807, 2.05) is 49.3 Å². The molecule has 0 bridgehead atoms. The van der Waals surface area contributed by atoms with Crippen LogP contribution >= 0.6 is 0 Å². The number of rotatable bonds is 6. The van der Waals surface area contributed by atoms with Crippen LogP contribution in [0.2, 0.25) is 0 Å². The van der Waals surface area contributed by atoms with E-state index in [9.17, 15) is 9.59 Å². The zero-order chi connectivity index (χ0) is 17.5. The molecule has 0 spiro atoms. The van der Waals surface area contributed by atoms with Crippen molar-refractivity contribution in [2.24, 2.45) is 0 Å². The summed E-state index contributed by atoms with van der Waals surface area (Å²) in [7, 11) is 3.94. The van der Waals surface area contributed by atoms with Gasteiger partial charge in [0.05, 0.1) is 6.04 Å². The van der Waals surface area contributed by atoms with Gasteiger partial charge in [0, 0.05) is 24.7 Å². The monoisotopic (exact) mass is 325 g/mol. The first-order valence-electron chi connectivity index (χ1n) is 7.84. The maximum Gasteiger partial charge on any atom is 0.251 e. The molecule has 24 heavy (non-hydrogen) atoms. The van der Waals surface area contributed by atoms with Crippen molar-refractivity contribution in [1.82, 2.24) is 10.2 Å². The summed E-state index contributed by atoms with van der Waals surface area (Å²) in [4.78, 5) is 25.8. The molecule has 5 nitrogen and oxygen atoms in total. The molecule has 2 amide bonds. The highest BCUT2D eigenvalue weighted by Gasteiger charge is 2.16. The van der Waals surface area contributed by atoms with Crippen molar-refractivity contribution in [2.45, 2.75) is 13.0 Å². The summed E-state index contributed by atoms with van der Waals surface area (Å²) in [6.45, 7) is 2.14. The largest absolute Gasteiger partial charge is 0.344 e. The molecule has 1 atom stereocenters. The van der Waals surface area contributed by atoms with Gasteiger partial charge in [-0.25, -0.2) is 0 Å². The quantitative estimate of drug-likeness (QED) is 0.858. The van der Waals surface area contributed by atoms with E-state index in [-0.39, 0.29) is 17.9 Å². The van der Waals surface area contributed by atoms with Crippen LogP contribution in [0.3, 0.4) is 0 Å². The Morgan fingerprint density at radius 2 is 1.75 bits per heavy atom. The van der Waals surface area contributed by atoms with Crippen LogP contribution in [0.25, 0.3) is 0 Å². The summed E-state index contributed by atoms with van der Waals surface area (Å²) >= 11 is 0. The van der Waals surface area contributed by atoms with Crippen LogP contribution in [-0.2, 0) is 4.79 Å². The second kappa shape index (κ2) is 8.26. The van der Waals surface area contributed by atoms with Gasteiger partial charge in [-0.3, -0.25) is 9.59 Å². The summed E-state index contributed by atoms with van der Waals surface area (Å²) in [5.41, 5.74) is 2.18. The number of hydrogen-bond donors (Lipinski definition) is 2. The summed E-state index contributed by atoms with van der Waals surface area (Å²) in [5, 5.41) is 5.76. The first-order chi connectivity index (χ1) is 11.5. The van der Waals surface area contributed by atoms with E-state index in [4.69, 9.17) is 0 Å². The Labute approximate surface area is 142 Å². The first kappa shape index (κ1) is 17.7. The standard InChI is InChI=1S/C19H23N3O2/c1-14(23)20-17-11-7-10-16(12-17)19(24)21-18(13-22(2)3)15-8-5-4-6-9-15/h4-12,18H,13H2,1-3H3,(H,20,23)(H,21,24)/t18-/m1/s1. The molecule has 0 aliphatic rings. The lowest BCUT2D eigenvalue weighted by Crippen LogP contribution is -2.35. The highest BCUT2D eigenvalue weighted by Crippen LogP contribution is 2.16. The fraction of sp³-hybridized carbons (Fsp3) is 0.263. The maximum atomic E-state index is 12.6. The van der Waals surface area contributed by atoms with Crippen molar-refractivity contribution < 1.29 is 9.59 Å². The summed E-state index contributed by atoms with van der Waals surface area (Å²) in [6.07, 6.45) is 0. The highest BCUT2D eigenvalue weighted by atomic mass is 16.2. The lowest BCUT2D eigenvalue weighted by atomic mass is 10.1. The molecule has 0 radical (unpaired) electrons. The molecular formula is C19H23N3O2. The highest BCUT2D eigenvalue weighted by molar-refractivity contribution is 5.97. The fourth-order valence-corrected chi connectivity index (χ4v) is 2.47. The molecule has 5 heteroatoms. The summed E-state index contributed by atoms with van der Waals surface area (Å²) in [6, 6.07) is 16.7. The van der Waals surface area contributed by atoms with Gasteiger partial charge in [0.1, 0.15) is 0 Å². The Bertz CT molecular complexity index is 699. The number of anilines is 1. The topological polar surface area (TPSA) is 61.4 Å². The van der Waals surface area contributed by atoms with Crippen molar-refractivity contribution in [2.75, 3.05) is 26.0 Å². The van der Waals surface area contributed by atoms with E-state index in [1.165, 1.54) is 6.92 Å². The lowest BCUT2D eigenvalue weighted by Gasteiger charge is -2.23. The van der Waals surface area contributed by atoms with E-state index < -0.39 is 0 Å². The molecular weight excluding hydrogens is 302 g/mol. The van der Waals surface area contributed by atoms with E-state index in [1.54, 1.807) is 24.3 Å². The van der Waals surface area contributed by atoms with Crippen molar-refractivity contribution in [1.29, 1.82) is 0 Å². The zero-order valence-corrected chi connectivity index (χ0v) is 14.2. The molecule has 0 unspecified atom stereocenters.